The lowest BCUT2D eigenvalue weighted by atomic mass is 10.0. The summed E-state index contributed by atoms with van der Waals surface area (Å²) in [5, 5.41) is 4.58. The van der Waals surface area contributed by atoms with E-state index in [0.717, 1.165) is 23.5 Å². The van der Waals surface area contributed by atoms with Crippen molar-refractivity contribution < 1.29 is 0 Å². The summed E-state index contributed by atoms with van der Waals surface area (Å²) >= 11 is 0. The van der Waals surface area contributed by atoms with Crippen LogP contribution in [0.1, 0.15) is 23.7 Å². The van der Waals surface area contributed by atoms with Crippen molar-refractivity contribution in [2.75, 3.05) is 0 Å². The zero-order valence-electron chi connectivity index (χ0n) is 10.7. The molecule has 1 aromatic heterocycles. The summed E-state index contributed by atoms with van der Waals surface area (Å²) in [6.07, 6.45) is 0. The van der Waals surface area contributed by atoms with E-state index < -0.39 is 0 Å². The summed E-state index contributed by atoms with van der Waals surface area (Å²) in [6.45, 7) is 7.72. The number of nitrogens with two attached hydrogens (primary N) is 1. The molecule has 0 bridgehead atoms. The molecule has 3 heteroatoms. The smallest absolute Gasteiger partial charge is 0.0926 e. The van der Waals surface area contributed by atoms with E-state index in [4.69, 9.17) is 5.73 Å². The van der Waals surface area contributed by atoms with E-state index >= 15 is 0 Å². The van der Waals surface area contributed by atoms with Crippen LogP contribution in [0.5, 0.6) is 0 Å². The number of benzene rings is 1. The molecule has 0 unspecified atom stereocenters. The second kappa shape index (κ2) is 4.72. The zero-order valence-corrected chi connectivity index (χ0v) is 10.7. The molecule has 0 radical (unpaired) electrons. The lowest BCUT2D eigenvalue weighted by molar-refractivity contribution is 0.624. The van der Waals surface area contributed by atoms with Crippen LogP contribution in [0, 0.1) is 13.8 Å². The molecule has 0 amide bonds. The van der Waals surface area contributed by atoms with Gasteiger partial charge in [0.1, 0.15) is 0 Å². The average molecular weight is 229 g/mol. The molecule has 0 aliphatic rings. The van der Waals surface area contributed by atoms with Gasteiger partial charge in [0.15, 0.2) is 0 Å². The summed E-state index contributed by atoms with van der Waals surface area (Å²) in [4.78, 5) is 0. The van der Waals surface area contributed by atoms with Gasteiger partial charge in [-0.3, -0.25) is 4.68 Å². The van der Waals surface area contributed by atoms with Gasteiger partial charge in [0.05, 0.1) is 11.4 Å². The van der Waals surface area contributed by atoms with Crippen LogP contribution in [-0.2, 0) is 13.1 Å². The Bertz CT molecular complexity index is 505. The van der Waals surface area contributed by atoms with Crippen LogP contribution in [0.15, 0.2) is 24.3 Å². The van der Waals surface area contributed by atoms with Crippen molar-refractivity contribution in [2.45, 2.75) is 33.9 Å². The van der Waals surface area contributed by atoms with Crippen molar-refractivity contribution in [3.05, 3.63) is 41.1 Å². The van der Waals surface area contributed by atoms with Crippen molar-refractivity contribution in [3.8, 4) is 11.3 Å². The minimum atomic E-state index is 0.533. The minimum absolute atomic E-state index is 0.533. The highest BCUT2D eigenvalue weighted by molar-refractivity contribution is 5.61. The molecule has 2 N–H and O–H groups in total. The Labute approximate surface area is 102 Å². The third-order valence-electron chi connectivity index (χ3n) is 3.17. The van der Waals surface area contributed by atoms with Crippen molar-refractivity contribution in [2.24, 2.45) is 5.73 Å². The maximum atomic E-state index is 5.71. The summed E-state index contributed by atoms with van der Waals surface area (Å²) < 4.78 is 1.96. The normalized spacial score (nSPS) is 10.8. The van der Waals surface area contributed by atoms with Gasteiger partial charge >= 0.3 is 0 Å². The molecule has 1 heterocycles. The molecular formula is C14H19N3. The minimum Gasteiger partial charge on any atom is -0.325 e. The lowest BCUT2D eigenvalue weighted by Crippen LogP contribution is -2.06. The fraction of sp³-hybridized carbons (Fsp3) is 0.357. The molecule has 0 spiro atoms. The number of aromatic nitrogens is 2. The van der Waals surface area contributed by atoms with Crippen molar-refractivity contribution in [3.63, 3.8) is 0 Å². The fourth-order valence-corrected chi connectivity index (χ4v) is 1.94. The van der Waals surface area contributed by atoms with Gasteiger partial charge in [0.25, 0.3) is 0 Å². The summed E-state index contributed by atoms with van der Waals surface area (Å²) in [5.74, 6) is 0. The Morgan fingerprint density at radius 2 is 1.94 bits per heavy atom. The van der Waals surface area contributed by atoms with Crippen LogP contribution in [-0.4, -0.2) is 9.78 Å². The summed E-state index contributed by atoms with van der Waals surface area (Å²) in [6, 6.07) is 8.51. The van der Waals surface area contributed by atoms with E-state index in [1.807, 2.05) is 4.68 Å². The molecule has 0 fully saturated rings. The van der Waals surface area contributed by atoms with E-state index in [2.05, 4.69) is 50.1 Å². The van der Waals surface area contributed by atoms with Crippen LogP contribution in [0.4, 0.5) is 0 Å². The zero-order chi connectivity index (χ0) is 12.4. The molecule has 0 aliphatic carbocycles. The Balaban J connectivity index is 2.45. The van der Waals surface area contributed by atoms with Gasteiger partial charge in [-0.25, -0.2) is 0 Å². The monoisotopic (exact) mass is 229 g/mol. The maximum absolute atomic E-state index is 5.71. The number of hydrogen-bond acceptors (Lipinski definition) is 2. The predicted octanol–water partition coefficient (Wildman–Crippen LogP) is 2.65. The van der Waals surface area contributed by atoms with E-state index in [1.54, 1.807) is 0 Å². The van der Waals surface area contributed by atoms with Gasteiger partial charge in [0.2, 0.25) is 0 Å². The maximum Gasteiger partial charge on any atom is 0.0926 e. The third-order valence-corrected chi connectivity index (χ3v) is 3.17. The first-order valence-electron chi connectivity index (χ1n) is 6.00. The van der Waals surface area contributed by atoms with Gasteiger partial charge in [-0.1, -0.05) is 12.1 Å². The molecular weight excluding hydrogens is 210 g/mol. The largest absolute Gasteiger partial charge is 0.325 e. The van der Waals surface area contributed by atoms with Crippen molar-refractivity contribution in [1.29, 1.82) is 0 Å². The first-order chi connectivity index (χ1) is 8.15. The van der Waals surface area contributed by atoms with Gasteiger partial charge in [-0.2, -0.15) is 5.10 Å². The third kappa shape index (κ3) is 2.24. The highest BCUT2D eigenvalue weighted by Gasteiger charge is 2.07. The number of rotatable bonds is 3. The Morgan fingerprint density at radius 3 is 2.47 bits per heavy atom. The fourth-order valence-electron chi connectivity index (χ4n) is 1.94. The number of hydrogen-bond donors (Lipinski definition) is 1. The molecule has 1 aromatic carbocycles. The van der Waals surface area contributed by atoms with Crippen molar-refractivity contribution >= 4 is 0 Å². The Hall–Kier alpha value is -1.61. The van der Waals surface area contributed by atoms with Gasteiger partial charge in [-0.05, 0) is 44.0 Å². The SMILES string of the molecule is CCn1nc(-c2ccc(C)c(C)c2)cc1CN. The first kappa shape index (κ1) is 11.9. The van der Waals surface area contributed by atoms with Crippen LogP contribution < -0.4 is 5.73 Å². The molecule has 0 aliphatic heterocycles. The lowest BCUT2D eigenvalue weighted by Gasteiger charge is -2.02. The van der Waals surface area contributed by atoms with Crippen molar-refractivity contribution in [1.82, 2.24) is 9.78 Å². The van der Waals surface area contributed by atoms with E-state index in [1.165, 1.54) is 11.1 Å². The number of nitrogens with zero attached hydrogens (tertiary/aromatic N) is 2. The first-order valence-corrected chi connectivity index (χ1v) is 6.00. The molecule has 0 atom stereocenters. The van der Waals surface area contributed by atoms with Crippen LogP contribution in [0.3, 0.4) is 0 Å². The standard InChI is InChI=1S/C14H19N3/c1-4-17-13(9-15)8-14(16-17)12-6-5-10(2)11(3)7-12/h5-8H,4,9,15H2,1-3H3. The molecule has 0 saturated carbocycles. The predicted molar refractivity (Wildman–Crippen MR) is 70.7 cm³/mol. The van der Waals surface area contributed by atoms with Crippen LogP contribution in [0.25, 0.3) is 11.3 Å². The summed E-state index contributed by atoms with van der Waals surface area (Å²) in [5.41, 5.74) is 11.6. The van der Waals surface area contributed by atoms with Gasteiger partial charge in [-0.15, -0.1) is 0 Å². The van der Waals surface area contributed by atoms with Gasteiger partial charge < -0.3 is 5.73 Å². The topological polar surface area (TPSA) is 43.8 Å². The quantitative estimate of drug-likeness (QED) is 0.879. The number of aryl methyl sites for hydroxylation is 3. The Morgan fingerprint density at radius 1 is 1.18 bits per heavy atom. The average Bonchev–Trinajstić information content (AvgIpc) is 2.75. The highest BCUT2D eigenvalue weighted by atomic mass is 15.3. The molecule has 0 saturated heterocycles. The second-order valence-corrected chi connectivity index (χ2v) is 4.34. The van der Waals surface area contributed by atoms with E-state index in [9.17, 15) is 0 Å². The molecule has 3 nitrogen and oxygen atoms in total. The van der Waals surface area contributed by atoms with Crippen LogP contribution in [0.2, 0.25) is 0 Å². The van der Waals surface area contributed by atoms with E-state index in [-0.39, 0.29) is 0 Å². The second-order valence-electron chi connectivity index (χ2n) is 4.34. The van der Waals surface area contributed by atoms with Crippen LogP contribution >= 0.6 is 0 Å². The Kier molecular flexibility index (Phi) is 3.29. The highest BCUT2D eigenvalue weighted by Crippen LogP contribution is 2.21. The molecule has 2 rings (SSSR count). The van der Waals surface area contributed by atoms with E-state index in [0.29, 0.717) is 6.54 Å². The molecule has 90 valence electrons. The molecule has 2 aromatic rings. The summed E-state index contributed by atoms with van der Waals surface area (Å²) in [7, 11) is 0. The van der Waals surface area contributed by atoms with Gasteiger partial charge in [0, 0.05) is 18.7 Å². The molecule has 17 heavy (non-hydrogen) atoms.